The van der Waals surface area contributed by atoms with Gasteiger partial charge in [0, 0.05) is 91.4 Å². The number of benzene rings is 2. The van der Waals surface area contributed by atoms with Crippen LogP contribution in [-0.4, -0.2) is 125 Å². The van der Waals surface area contributed by atoms with Gasteiger partial charge in [-0.25, -0.2) is 14.2 Å². The lowest BCUT2D eigenvalue weighted by molar-refractivity contribution is -0.155. The number of hydrazine groups is 1. The van der Waals surface area contributed by atoms with Crippen LogP contribution in [0.4, 0.5) is 8.78 Å². The molecule has 5 aliphatic heterocycles. The lowest BCUT2D eigenvalue weighted by Gasteiger charge is -2.37. The minimum absolute atomic E-state index is 0.0740. The average molecular weight is 991 g/mol. The van der Waals surface area contributed by atoms with E-state index in [-0.39, 0.29) is 60.4 Å². The predicted molar refractivity (Wildman–Crippen MR) is 270 cm³/mol. The maximum absolute atomic E-state index is 15.1. The number of amides is 3. The van der Waals surface area contributed by atoms with E-state index in [1.54, 1.807) is 13.3 Å². The van der Waals surface area contributed by atoms with Crippen molar-refractivity contribution in [1.29, 1.82) is 0 Å². The third-order valence-electron chi connectivity index (χ3n) is 16.5. The van der Waals surface area contributed by atoms with Crippen LogP contribution in [0.2, 0.25) is 0 Å². The van der Waals surface area contributed by atoms with Gasteiger partial charge in [0.1, 0.15) is 18.1 Å². The number of aromatic nitrogens is 2. The number of nitrogens with zero attached hydrogens (tertiary/aromatic N) is 5. The Balaban J connectivity index is 1.00. The summed E-state index contributed by atoms with van der Waals surface area (Å²) in [6.07, 6.45) is 4.10. The fourth-order valence-corrected chi connectivity index (χ4v) is 12.5. The molecule has 10 rings (SSSR count). The van der Waals surface area contributed by atoms with Crippen LogP contribution in [0.25, 0.3) is 33.3 Å². The Morgan fingerprint density at radius 1 is 0.986 bits per heavy atom. The molecule has 2 aromatic carbocycles. The fourth-order valence-electron chi connectivity index (χ4n) is 12.5. The summed E-state index contributed by atoms with van der Waals surface area (Å²) >= 11 is 0. The summed E-state index contributed by atoms with van der Waals surface area (Å²) in [6, 6.07) is 12.5. The molecule has 386 valence electrons. The van der Waals surface area contributed by atoms with Crippen LogP contribution >= 0.6 is 0 Å². The maximum Gasteiger partial charge on any atom is 0.324 e. The second-order valence-electron chi connectivity index (χ2n) is 22.8. The van der Waals surface area contributed by atoms with Gasteiger partial charge in [-0.15, -0.1) is 0 Å². The van der Waals surface area contributed by atoms with Crippen molar-refractivity contribution in [3.8, 4) is 22.4 Å². The summed E-state index contributed by atoms with van der Waals surface area (Å²) in [5.74, 6) is -0.590. The molecule has 6 aliphatic rings. The van der Waals surface area contributed by atoms with Gasteiger partial charge in [0.2, 0.25) is 11.8 Å². The summed E-state index contributed by atoms with van der Waals surface area (Å²) in [5.41, 5.74) is 8.62. The number of nitrogens with one attached hydrogen (secondary N) is 3. The van der Waals surface area contributed by atoms with Crippen LogP contribution in [-0.2, 0) is 48.0 Å². The predicted octanol–water partition coefficient (Wildman–Crippen LogP) is 7.38. The Morgan fingerprint density at radius 3 is 2.51 bits per heavy atom. The zero-order chi connectivity index (χ0) is 50.8. The minimum Gasteiger partial charge on any atom is -0.464 e. The van der Waals surface area contributed by atoms with Gasteiger partial charge in [0.25, 0.3) is 12.3 Å². The highest BCUT2D eigenvalue weighted by molar-refractivity contribution is 5.96. The molecule has 5 fully saturated rings. The summed E-state index contributed by atoms with van der Waals surface area (Å²) in [4.78, 5) is 66.4. The number of carbonyl (C=O) groups is 4. The van der Waals surface area contributed by atoms with Gasteiger partial charge in [-0.05, 0) is 130 Å². The number of alkyl halides is 2. The molecule has 7 atom stereocenters. The number of fused-ring (bicyclic) bond motifs is 6. The molecule has 16 heteroatoms. The SMILES string of the molecule is CCn1c(-c2cccnc2[C@H](C)OC)c2c3cc(ccc31)-c1cc(cc(C(F)F)c1)C[C@H](NC(=O)C(C(C)C)N1CC[C@]3(CCN(C(=O)[C@@H]4NC4C4CC4)C3)C1)C(=O)N1CCC[C@H](N1)C(=O)OCC(C)(C)C2. The molecular formula is C56H72F2N8O6. The third-order valence-corrected chi connectivity index (χ3v) is 16.5. The Morgan fingerprint density at radius 2 is 1.78 bits per heavy atom. The molecule has 1 aliphatic carbocycles. The number of methoxy groups -OCH3 is 1. The first kappa shape index (κ1) is 50.3. The maximum atomic E-state index is 15.1. The Kier molecular flexibility index (Phi) is 13.9. The van der Waals surface area contributed by atoms with Crippen molar-refractivity contribution >= 4 is 34.6 Å². The van der Waals surface area contributed by atoms with Gasteiger partial charge < -0.3 is 24.3 Å². The highest BCUT2D eigenvalue weighted by Gasteiger charge is 2.55. The minimum atomic E-state index is -2.81. The van der Waals surface area contributed by atoms with E-state index in [0.29, 0.717) is 80.6 Å². The van der Waals surface area contributed by atoms with Gasteiger partial charge in [-0.2, -0.15) is 0 Å². The van der Waals surface area contributed by atoms with E-state index < -0.39 is 41.8 Å². The van der Waals surface area contributed by atoms with Crippen molar-refractivity contribution in [1.82, 2.24) is 40.4 Å². The highest BCUT2D eigenvalue weighted by Crippen LogP contribution is 2.45. The third kappa shape index (κ3) is 9.92. The second kappa shape index (κ2) is 19.9. The van der Waals surface area contributed by atoms with Crippen molar-refractivity contribution in [2.24, 2.45) is 22.7 Å². The zero-order valence-corrected chi connectivity index (χ0v) is 42.9. The number of esters is 1. The van der Waals surface area contributed by atoms with Crippen molar-refractivity contribution in [2.45, 2.75) is 142 Å². The van der Waals surface area contributed by atoms with E-state index >= 15 is 8.78 Å². The zero-order valence-electron chi connectivity index (χ0n) is 42.9. The van der Waals surface area contributed by atoms with Crippen molar-refractivity contribution < 1.29 is 37.4 Å². The number of ether oxygens (including phenoxy) is 2. The molecule has 4 aromatic rings. The lowest BCUT2D eigenvalue weighted by atomic mass is 9.84. The van der Waals surface area contributed by atoms with Gasteiger partial charge >= 0.3 is 5.97 Å². The van der Waals surface area contributed by atoms with Crippen molar-refractivity contribution in [3.05, 3.63) is 77.1 Å². The summed E-state index contributed by atoms with van der Waals surface area (Å²) < 4.78 is 44.4. The van der Waals surface area contributed by atoms with E-state index in [4.69, 9.17) is 14.5 Å². The Hall–Kier alpha value is -5.29. The molecular weight excluding hydrogens is 919 g/mol. The summed E-state index contributed by atoms with van der Waals surface area (Å²) in [7, 11) is 1.66. The number of aryl methyl sites for hydroxylation is 1. The van der Waals surface area contributed by atoms with Crippen molar-refractivity contribution in [2.75, 3.05) is 46.4 Å². The van der Waals surface area contributed by atoms with Gasteiger partial charge in [-0.1, -0.05) is 45.9 Å². The Labute approximate surface area is 421 Å². The van der Waals surface area contributed by atoms with E-state index in [1.165, 1.54) is 30.0 Å². The van der Waals surface area contributed by atoms with Crippen LogP contribution in [0.1, 0.15) is 115 Å². The molecule has 6 bridgehead atoms. The summed E-state index contributed by atoms with van der Waals surface area (Å²) in [5, 5.41) is 8.90. The molecule has 2 unspecified atom stereocenters. The number of hydrogen-bond acceptors (Lipinski definition) is 10. The van der Waals surface area contributed by atoms with E-state index in [2.05, 4.69) is 58.4 Å². The number of carbonyl (C=O) groups excluding carboxylic acids is 4. The highest BCUT2D eigenvalue weighted by atomic mass is 19.3. The molecule has 0 radical (unpaired) electrons. The molecule has 3 N–H and O–H groups in total. The fraction of sp³-hybridized carbons (Fsp3) is 0.589. The van der Waals surface area contributed by atoms with Crippen molar-refractivity contribution in [3.63, 3.8) is 0 Å². The molecule has 2 aromatic heterocycles. The second-order valence-corrected chi connectivity index (χ2v) is 22.8. The number of hydrogen-bond donors (Lipinski definition) is 3. The van der Waals surface area contributed by atoms with Crippen LogP contribution < -0.4 is 16.1 Å². The molecule has 14 nitrogen and oxygen atoms in total. The monoisotopic (exact) mass is 991 g/mol. The molecule has 72 heavy (non-hydrogen) atoms. The van der Waals surface area contributed by atoms with E-state index in [0.717, 1.165) is 46.3 Å². The molecule has 7 heterocycles. The van der Waals surface area contributed by atoms with Crippen LogP contribution in [0, 0.1) is 22.7 Å². The quantitative estimate of drug-likeness (QED) is 0.102. The first-order chi connectivity index (χ1) is 34.5. The number of rotatable bonds is 11. The molecule has 3 amide bonds. The average Bonchev–Trinajstić information content (AvgIpc) is 4.28. The van der Waals surface area contributed by atoms with Crippen LogP contribution in [0.3, 0.4) is 0 Å². The number of halogens is 2. The number of pyridine rings is 1. The molecule has 1 spiro atoms. The Bertz CT molecular complexity index is 2740. The molecule has 1 saturated carbocycles. The topological polar surface area (TPSA) is 160 Å². The van der Waals surface area contributed by atoms with Gasteiger partial charge in [0.05, 0.1) is 30.1 Å². The lowest BCUT2D eigenvalue weighted by Crippen LogP contribution is -2.62. The number of cyclic esters (lactones) is 1. The van der Waals surface area contributed by atoms with Crippen LogP contribution in [0.15, 0.2) is 54.7 Å². The first-order valence-corrected chi connectivity index (χ1v) is 26.4. The van der Waals surface area contributed by atoms with Gasteiger partial charge in [0.15, 0.2) is 0 Å². The largest absolute Gasteiger partial charge is 0.464 e. The van der Waals surface area contributed by atoms with Crippen LogP contribution in [0.5, 0.6) is 0 Å². The first-order valence-electron chi connectivity index (χ1n) is 26.4. The molecule has 4 saturated heterocycles. The normalized spacial score (nSPS) is 26.6. The van der Waals surface area contributed by atoms with Gasteiger partial charge in [-0.3, -0.25) is 39.4 Å². The smallest absolute Gasteiger partial charge is 0.324 e. The van der Waals surface area contributed by atoms with E-state index in [9.17, 15) is 19.2 Å². The standard InChI is InChI=1S/C56H72F2N8O6/c1-8-65-44-16-15-36-27-40(44)41(49(65)39-11-9-19-59-45(39)33(4)71-7)28-55(5,6)31-72-54(70)42-12-10-20-66(62-42)52(68)43(25-34-23-37(36)26-38(24-34)50(57)58)60-51(67)48(32(2)3)63-21-17-56(29-63)18-22-64(30-56)53(69)47-46(61-47)35-13-14-35/h9,11,15-16,19,23-24,26-27,32-33,35,42-43,46-48,50,61-62H,8,10,12-14,17-18,20-22,25,28-31H2,1-7H3,(H,60,67)/t33-,42-,43-,46?,47+,48?,56-/m0/s1. The number of likely N-dealkylation sites (tertiary alicyclic amines) is 2. The van der Waals surface area contributed by atoms with E-state index in [1.807, 2.05) is 49.9 Å². The summed E-state index contributed by atoms with van der Waals surface area (Å²) in [6.45, 7) is 15.8.